The molecule has 0 aliphatic heterocycles. The summed E-state index contributed by atoms with van der Waals surface area (Å²) in [6, 6.07) is 11.7. The SMILES string of the molecule is CCC(C)(C)N(C(=O)C(CS)NC(=O)OC(C)(C)C)C(C(=O)NC(Cc1ccccc1)C(=O)OC(C)(C)C)c1ccccc1O. The largest absolute Gasteiger partial charge is 0.508 e. The zero-order chi connectivity index (χ0) is 34.2. The van der Waals surface area contributed by atoms with Crippen LogP contribution in [-0.2, 0) is 30.3 Å². The molecule has 3 unspecified atom stereocenters. The third kappa shape index (κ3) is 11.3. The number of amides is 3. The molecule has 3 atom stereocenters. The number of alkyl carbamates (subject to hydrolysis) is 1. The molecule has 10 nitrogen and oxygen atoms in total. The summed E-state index contributed by atoms with van der Waals surface area (Å²) in [7, 11) is 0. The van der Waals surface area contributed by atoms with Gasteiger partial charge in [0.2, 0.25) is 11.8 Å². The third-order valence-corrected chi connectivity index (χ3v) is 7.32. The Morgan fingerprint density at radius 3 is 1.89 bits per heavy atom. The number of carbonyl (C=O) groups excluding carboxylic acids is 4. The Bertz CT molecular complexity index is 1320. The van der Waals surface area contributed by atoms with E-state index in [1.807, 2.05) is 37.3 Å². The molecule has 0 radical (unpaired) electrons. The van der Waals surface area contributed by atoms with Crippen molar-refractivity contribution >= 4 is 36.5 Å². The molecule has 2 aromatic rings. The maximum Gasteiger partial charge on any atom is 0.408 e. The summed E-state index contributed by atoms with van der Waals surface area (Å²) in [5.41, 5.74) is -1.69. The van der Waals surface area contributed by atoms with Crippen LogP contribution in [0, 0.1) is 0 Å². The highest BCUT2D eigenvalue weighted by Gasteiger charge is 2.44. The van der Waals surface area contributed by atoms with E-state index in [9.17, 15) is 24.3 Å². The normalized spacial score (nSPS) is 14.0. The van der Waals surface area contributed by atoms with Gasteiger partial charge in [0.05, 0.1) is 0 Å². The summed E-state index contributed by atoms with van der Waals surface area (Å²) in [6.45, 7) is 15.7. The summed E-state index contributed by atoms with van der Waals surface area (Å²) in [6.07, 6.45) is -0.290. The van der Waals surface area contributed by atoms with E-state index in [0.29, 0.717) is 6.42 Å². The van der Waals surface area contributed by atoms with Gasteiger partial charge in [-0.05, 0) is 73.4 Å². The van der Waals surface area contributed by atoms with Crippen LogP contribution in [0.3, 0.4) is 0 Å². The van der Waals surface area contributed by atoms with Gasteiger partial charge in [-0.2, -0.15) is 12.6 Å². The molecule has 0 heterocycles. The second kappa shape index (κ2) is 15.5. The lowest BCUT2D eigenvalue weighted by atomic mass is 9.91. The number of nitrogens with zero attached hydrogens (tertiary/aromatic N) is 1. The molecule has 2 aromatic carbocycles. The summed E-state index contributed by atoms with van der Waals surface area (Å²) >= 11 is 4.34. The Hall–Kier alpha value is -3.73. The molecular weight excluding hydrogens is 594 g/mol. The standard InChI is InChI=1S/C34H49N3O7S/c1-10-34(8,9)37(29(40)25(21-45)36-31(42)44-33(5,6)7)27(23-18-14-15-19-26(23)38)28(39)35-24(30(41)43-32(2,3)4)20-22-16-12-11-13-17-22/h11-19,24-25,27,38,45H,10,20-21H2,1-9H3,(H,35,39)(H,36,42). The van der Waals surface area contributed by atoms with Gasteiger partial charge in [-0.1, -0.05) is 55.5 Å². The minimum atomic E-state index is -1.41. The quantitative estimate of drug-likeness (QED) is 0.181. The van der Waals surface area contributed by atoms with Gasteiger partial charge in [0, 0.05) is 23.3 Å². The van der Waals surface area contributed by atoms with Crippen molar-refractivity contribution in [1.29, 1.82) is 0 Å². The molecule has 2 rings (SSSR count). The van der Waals surface area contributed by atoms with Crippen LogP contribution in [0.2, 0.25) is 0 Å². The number of hydrogen-bond donors (Lipinski definition) is 4. The second-order valence-electron chi connectivity index (χ2n) is 13.5. The highest BCUT2D eigenvalue weighted by Crippen LogP contribution is 2.36. The van der Waals surface area contributed by atoms with Gasteiger partial charge < -0.3 is 30.1 Å². The van der Waals surface area contributed by atoms with Gasteiger partial charge in [0.25, 0.3) is 0 Å². The monoisotopic (exact) mass is 643 g/mol. The first-order valence-corrected chi connectivity index (χ1v) is 15.7. The molecule has 248 valence electrons. The Balaban J connectivity index is 2.66. The van der Waals surface area contributed by atoms with Gasteiger partial charge >= 0.3 is 12.1 Å². The van der Waals surface area contributed by atoms with Crippen molar-refractivity contribution in [3.05, 3.63) is 65.7 Å². The fourth-order valence-electron chi connectivity index (χ4n) is 4.53. The van der Waals surface area contributed by atoms with Gasteiger partial charge in [-0.15, -0.1) is 0 Å². The molecule has 45 heavy (non-hydrogen) atoms. The Morgan fingerprint density at radius 1 is 0.822 bits per heavy atom. The minimum absolute atomic E-state index is 0.0992. The summed E-state index contributed by atoms with van der Waals surface area (Å²) in [5.74, 6) is -2.31. The Kier molecular flexibility index (Phi) is 12.9. The van der Waals surface area contributed by atoms with Crippen molar-refractivity contribution < 1.29 is 33.8 Å². The lowest BCUT2D eigenvalue weighted by Gasteiger charge is -2.44. The Morgan fingerprint density at radius 2 is 1.38 bits per heavy atom. The first-order valence-electron chi connectivity index (χ1n) is 15.1. The second-order valence-corrected chi connectivity index (χ2v) is 13.9. The number of phenols is 1. The maximum absolute atomic E-state index is 14.4. The van der Waals surface area contributed by atoms with Crippen LogP contribution in [0.15, 0.2) is 54.6 Å². The predicted octanol–water partition coefficient (Wildman–Crippen LogP) is 5.34. The van der Waals surface area contributed by atoms with Gasteiger partial charge in [0.15, 0.2) is 0 Å². The van der Waals surface area contributed by atoms with Crippen LogP contribution in [0.5, 0.6) is 5.75 Å². The number of hydrogen-bond acceptors (Lipinski definition) is 8. The highest BCUT2D eigenvalue weighted by molar-refractivity contribution is 7.80. The Labute approximate surface area is 272 Å². The van der Waals surface area contributed by atoms with Gasteiger partial charge in [-0.25, -0.2) is 9.59 Å². The molecule has 0 spiro atoms. The number of thiol groups is 1. The van der Waals surface area contributed by atoms with Crippen molar-refractivity contribution in [3.63, 3.8) is 0 Å². The molecule has 0 aromatic heterocycles. The summed E-state index contributed by atoms with van der Waals surface area (Å²) < 4.78 is 11.0. The van der Waals surface area contributed by atoms with E-state index in [1.165, 1.54) is 11.0 Å². The molecule has 0 saturated heterocycles. The molecule has 3 amide bonds. The zero-order valence-electron chi connectivity index (χ0n) is 27.8. The number of aromatic hydroxyl groups is 1. The predicted molar refractivity (Wildman–Crippen MR) is 177 cm³/mol. The zero-order valence-corrected chi connectivity index (χ0v) is 28.7. The minimum Gasteiger partial charge on any atom is -0.508 e. The molecule has 0 bridgehead atoms. The fraction of sp³-hybridized carbons (Fsp3) is 0.529. The van der Waals surface area contributed by atoms with E-state index >= 15 is 0 Å². The number of para-hydroxylation sites is 1. The molecule has 0 saturated carbocycles. The molecule has 0 aliphatic rings. The van der Waals surface area contributed by atoms with Crippen molar-refractivity contribution in [1.82, 2.24) is 15.5 Å². The number of carbonyl (C=O) groups is 4. The highest BCUT2D eigenvalue weighted by atomic mass is 32.1. The van der Waals surface area contributed by atoms with Gasteiger partial charge in [0.1, 0.15) is 35.1 Å². The first kappa shape index (κ1) is 37.5. The number of benzene rings is 2. The third-order valence-electron chi connectivity index (χ3n) is 6.95. The van der Waals surface area contributed by atoms with Crippen LogP contribution < -0.4 is 10.6 Å². The number of ether oxygens (including phenoxy) is 2. The molecule has 11 heteroatoms. The van der Waals surface area contributed by atoms with Crippen molar-refractivity contribution in [2.45, 2.75) is 110 Å². The van der Waals surface area contributed by atoms with Crippen LogP contribution in [-0.4, -0.2) is 68.5 Å². The van der Waals surface area contributed by atoms with E-state index < -0.39 is 58.7 Å². The smallest absolute Gasteiger partial charge is 0.408 e. The lowest BCUT2D eigenvalue weighted by Crippen LogP contribution is -2.60. The van der Waals surface area contributed by atoms with E-state index in [1.54, 1.807) is 73.6 Å². The average molecular weight is 644 g/mol. The van der Waals surface area contributed by atoms with Crippen molar-refractivity contribution in [2.75, 3.05) is 5.75 Å². The lowest BCUT2D eigenvalue weighted by molar-refractivity contribution is -0.159. The number of rotatable bonds is 12. The van der Waals surface area contributed by atoms with Crippen molar-refractivity contribution in [3.8, 4) is 5.75 Å². The van der Waals surface area contributed by atoms with Crippen molar-refractivity contribution in [2.24, 2.45) is 0 Å². The molecule has 3 N–H and O–H groups in total. The van der Waals surface area contributed by atoms with E-state index in [0.717, 1.165) is 5.56 Å². The van der Waals surface area contributed by atoms with E-state index in [-0.39, 0.29) is 23.5 Å². The maximum atomic E-state index is 14.4. The molecule has 0 fully saturated rings. The fourth-order valence-corrected chi connectivity index (χ4v) is 4.78. The average Bonchev–Trinajstić information content (AvgIpc) is 2.93. The molecule has 0 aliphatic carbocycles. The topological polar surface area (TPSA) is 134 Å². The number of nitrogens with one attached hydrogen (secondary N) is 2. The van der Waals surface area contributed by atoms with Crippen LogP contribution in [0.1, 0.15) is 85.9 Å². The van der Waals surface area contributed by atoms with Gasteiger partial charge in [-0.3, -0.25) is 9.59 Å². The van der Waals surface area contributed by atoms with E-state index in [4.69, 9.17) is 9.47 Å². The number of phenolic OH excluding ortho intramolecular Hbond substituents is 1. The number of esters is 1. The summed E-state index contributed by atoms with van der Waals surface area (Å²) in [5, 5.41) is 16.4. The first-order chi connectivity index (χ1) is 20.8. The van der Waals surface area contributed by atoms with E-state index in [2.05, 4.69) is 23.3 Å². The summed E-state index contributed by atoms with van der Waals surface area (Å²) in [4.78, 5) is 56.3. The van der Waals surface area contributed by atoms with Crippen LogP contribution in [0.25, 0.3) is 0 Å². The van der Waals surface area contributed by atoms with Crippen LogP contribution >= 0.6 is 12.6 Å². The molecular formula is C34H49N3O7S. The van der Waals surface area contributed by atoms with Crippen LogP contribution in [0.4, 0.5) is 4.79 Å².